The summed E-state index contributed by atoms with van der Waals surface area (Å²) in [6.45, 7) is 8.02. The molecule has 32 heavy (non-hydrogen) atoms. The molecule has 3 rings (SSSR count). The summed E-state index contributed by atoms with van der Waals surface area (Å²) in [6, 6.07) is 17.0. The van der Waals surface area contributed by atoms with Crippen molar-refractivity contribution in [2.24, 2.45) is 0 Å². The number of benzene rings is 3. The van der Waals surface area contributed by atoms with Crippen molar-refractivity contribution < 1.29 is 19.4 Å². The first-order chi connectivity index (χ1) is 15.3. The predicted molar refractivity (Wildman–Crippen MR) is 130 cm³/mol. The van der Waals surface area contributed by atoms with Gasteiger partial charge >= 0.3 is 0 Å². The van der Waals surface area contributed by atoms with Gasteiger partial charge in [0.1, 0.15) is 29.4 Å². The Hall–Kier alpha value is -3.79. The quantitative estimate of drug-likeness (QED) is 0.180. The fourth-order valence-corrected chi connectivity index (χ4v) is 3.13. The summed E-state index contributed by atoms with van der Waals surface area (Å²) < 4.78 is 11.4. The number of carbonyl (C=O) groups is 1. The van der Waals surface area contributed by atoms with Crippen molar-refractivity contribution in [3.05, 3.63) is 95.3 Å². The summed E-state index contributed by atoms with van der Waals surface area (Å²) >= 11 is 0. The first-order valence-corrected chi connectivity index (χ1v) is 10.5. The molecule has 0 amide bonds. The van der Waals surface area contributed by atoms with E-state index in [-0.39, 0.29) is 29.5 Å². The van der Waals surface area contributed by atoms with Crippen LogP contribution in [0.5, 0.6) is 17.2 Å². The van der Waals surface area contributed by atoms with Crippen LogP contribution in [0.1, 0.15) is 43.6 Å². The van der Waals surface area contributed by atoms with Crippen LogP contribution < -0.4 is 9.47 Å². The van der Waals surface area contributed by atoms with Crippen molar-refractivity contribution in [2.75, 3.05) is 6.61 Å². The molecule has 164 valence electrons. The van der Waals surface area contributed by atoms with Crippen LogP contribution in [0.15, 0.2) is 84.2 Å². The zero-order valence-corrected chi connectivity index (χ0v) is 18.9. The number of ketones is 1. The fourth-order valence-electron chi connectivity index (χ4n) is 3.13. The molecule has 0 saturated carbocycles. The number of rotatable bonds is 8. The number of phenolic OH excluding ortho intramolecular Hbond substituents is 1. The van der Waals surface area contributed by atoms with E-state index in [0.29, 0.717) is 5.75 Å². The van der Waals surface area contributed by atoms with E-state index < -0.39 is 0 Å². The van der Waals surface area contributed by atoms with Gasteiger partial charge in [0, 0.05) is 12.1 Å². The number of hydrogen-bond donors (Lipinski definition) is 1. The van der Waals surface area contributed by atoms with Gasteiger partial charge in [-0.15, -0.1) is 0 Å². The molecule has 0 aliphatic rings. The smallest absolute Gasteiger partial charge is 0.193 e. The second kappa shape index (κ2) is 10.5. The molecular formula is C28H28O4. The van der Waals surface area contributed by atoms with Crippen LogP contribution in [0, 0.1) is 0 Å². The van der Waals surface area contributed by atoms with E-state index in [2.05, 4.69) is 0 Å². The molecule has 4 heteroatoms. The van der Waals surface area contributed by atoms with Crippen LogP contribution >= 0.6 is 0 Å². The van der Waals surface area contributed by atoms with E-state index in [4.69, 9.17) is 9.47 Å². The molecule has 4 nitrogen and oxygen atoms in total. The molecule has 0 aromatic heterocycles. The zero-order valence-electron chi connectivity index (χ0n) is 18.9. The Bertz CT molecular complexity index is 1200. The van der Waals surface area contributed by atoms with Crippen LogP contribution in [-0.2, 0) is 0 Å². The van der Waals surface area contributed by atoms with Crippen molar-refractivity contribution in [1.29, 1.82) is 0 Å². The molecule has 0 heterocycles. The number of aromatic hydroxyl groups is 1. The van der Waals surface area contributed by atoms with Crippen LogP contribution in [-0.4, -0.2) is 17.5 Å². The lowest BCUT2D eigenvalue weighted by molar-refractivity contribution is 0.104. The average Bonchev–Trinajstić information content (AvgIpc) is 2.75. The highest BCUT2D eigenvalue weighted by molar-refractivity contribution is 6.11. The van der Waals surface area contributed by atoms with E-state index in [0.717, 1.165) is 27.5 Å². The van der Waals surface area contributed by atoms with Gasteiger partial charge in [-0.3, -0.25) is 4.79 Å². The lowest BCUT2D eigenvalue weighted by Gasteiger charge is -2.13. The van der Waals surface area contributed by atoms with Crippen molar-refractivity contribution in [1.82, 2.24) is 0 Å². The molecule has 0 aliphatic carbocycles. The summed E-state index contributed by atoms with van der Waals surface area (Å²) in [6.07, 6.45) is 6.70. The van der Waals surface area contributed by atoms with Crippen LogP contribution in [0.2, 0.25) is 0 Å². The van der Waals surface area contributed by atoms with Gasteiger partial charge in [0.2, 0.25) is 0 Å². The molecule has 0 atom stereocenters. The van der Waals surface area contributed by atoms with Gasteiger partial charge in [-0.1, -0.05) is 54.1 Å². The summed E-state index contributed by atoms with van der Waals surface area (Å²) in [7, 11) is 0. The average molecular weight is 429 g/mol. The topological polar surface area (TPSA) is 55.8 Å². The van der Waals surface area contributed by atoms with Gasteiger partial charge in [0.05, 0.1) is 6.26 Å². The van der Waals surface area contributed by atoms with Crippen LogP contribution in [0.4, 0.5) is 0 Å². The maximum absolute atomic E-state index is 13.1. The third-order valence-corrected chi connectivity index (χ3v) is 4.70. The molecule has 0 radical (unpaired) electrons. The lowest BCUT2D eigenvalue weighted by Crippen LogP contribution is -2.04. The Morgan fingerprint density at radius 2 is 1.72 bits per heavy atom. The van der Waals surface area contributed by atoms with Gasteiger partial charge in [0.25, 0.3) is 0 Å². The number of allylic oxidation sites excluding steroid dienone is 3. The third-order valence-electron chi connectivity index (χ3n) is 4.70. The first kappa shape index (κ1) is 22.9. The predicted octanol–water partition coefficient (Wildman–Crippen LogP) is 7.09. The molecular weight excluding hydrogens is 400 g/mol. The Morgan fingerprint density at radius 3 is 2.47 bits per heavy atom. The van der Waals surface area contributed by atoms with E-state index in [1.165, 1.54) is 12.1 Å². The maximum Gasteiger partial charge on any atom is 0.193 e. The number of carbonyl (C=O) groups excluding carboxylic acids is 1. The molecule has 0 unspecified atom stereocenters. The number of fused-ring (bicyclic) bond motifs is 1. The second-order valence-corrected chi connectivity index (χ2v) is 7.99. The Kier molecular flexibility index (Phi) is 7.50. The summed E-state index contributed by atoms with van der Waals surface area (Å²) in [5.74, 6) is 0.124. The van der Waals surface area contributed by atoms with E-state index >= 15 is 0 Å². The molecule has 0 fully saturated rings. The SMILES string of the molecule is CC(C)=CCOc1cc(OC=C(C)C)cc(O)c1C(=O)/C=C/c1cccc2ccccc12. The molecule has 0 bridgehead atoms. The van der Waals surface area contributed by atoms with Crippen LogP contribution in [0.3, 0.4) is 0 Å². The number of hydrogen-bond acceptors (Lipinski definition) is 4. The molecule has 0 saturated heterocycles. The second-order valence-electron chi connectivity index (χ2n) is 7.99. The molecule has 0 spiro atoms. The fraction of sp³-hybridized carbons (Fsp3) is 0.179. The summed E-state index contributed by atoms with van der Waals surface area (Å²) in [5.41, 5.74) is 3.09. The lowest BCUT2D eigenvalue weighted by atomic mass is 10.0. The van der Waals surface area contributed by atoms with Gasteiger partial charge < -0.3 is 14.6 Å². The summed E-state index contributed by atoms with van der Waals surface area (Å²) in [5, 5.41) is 12.8. The minimum absolute atomic E-state index is 0.105. The van der Waals surface area contributed by atoms with Crippen molar-refractivity contribution >= 4 is 22.6 Å². The van der Waals surface area contributed by atoms with Crippen molar-refractivity contribution in [3.8, 4) is 17.2 Å². The van der Waals surface area contributed by atoms with E-state index in [9.17, 15) is 9.90 Å². The first-order valence-electron chi connectivity index (χ1n) is 10.5. The minimum atomic E-state index is -0.351. The number of phenols is 1. The van der Waals surface area contributed by atoms with Gasteiger partial charge in [-0.05, 0) is 61.8 Å². The van der Waals surface area contributed by atoms with E-state index in [1.54, 1.807) is 18.4 Å². The Morgan fingerprint density at radius 1 is 0.969 bits per heavy atom. The summed E-state index contributed by atoms with van der Waals surface area (Å²) in [4.78, 5) is 13.1. The zero-order chi connectivity index (χ0) is 23.1. The highest BCUT2D eigenvalue weighted by Crippen LogP contribution is 2.35. The standard InChI is InChI=1S/C28H28O4/c1-19(2)14-15-31-27-17-23(32-18-20(3)4)16-26(30)28(27)25(29)13-12-22-10-7-9-21-8-5-6-11-24(21)22/h5-14,16-18,30H,15H2,1-4H3/b13-12+. The molecule has 0 aliphatic heterocycles. The minimum Gasteiger partial charge on any atom is -0.507 e. The molecule has 3 aromatic carbocycles. The highest BCUT2D eigenvalue weighted by Gasteiger charge is 2.18. The van der Waals surface area contributed by atoms with Crippen molar-refractivity contribution in [2.45, 2.75) is 27.7 Å². The molecule has 1 N–H and O–H groups in total. The highest BCUT2D eigenvalue weighted by atomic mass is 16.5. The molecule has 3 aromatic rings. The monoisotopic (exact) mass is 428 g/mol. The Labute approximate surface area is 189 Å². The Balaban J connectivity index is 1.96. The van der Waals surface area contributed by atoms with Gasteiger partial charge in [-0.2, -0.15) is 0 Å². The van der Waals surface area contributed by atoms with E-state index in [1.807, 2.05) is 76.2 Å². The van der Waals surface area contributed by atoms with Crippen LogP contribution in [0.25, 0.3) is 16.8 Å². The third kappa shape index (κ3) is 5.88. The maximum atomic E-state index is 13.1. The normalized spacial score (nSPS) is 10.8. The largest absolute Gasteiger partial charge is 0.507 e. The van der Waals surface area contributed by atoms with Gasteiger partial charge in [0.15, 0.2) is 5.78 Å². The number of ether oxygens (including phenoxy) is 2. The van der Waals surface area contributed by atoms with Gasteiger partial charge in [-0.25, -0.2) is 0 Å². The van der Waals surface area contributed by atoms with Crippen molar-refractivity contribution in [3.63, 3.8) is 0 Å².